The lowest BCUT2D eigenvalue weighted by atomic mass is 9.90. The molecule has 2 aliphatic heterocycles. The van der Waals surface area contributed by atoms with Gasteiger partial charge in [-0.2, -0.15) is 0 Å². The molecule has 0 fully saturated rings. The summed E-state index contributed by atoms with van der Waals surface area (Å²) < 4.78 is 2.47. The van der Waals surface area contributed by atoms with Crippen LogP contribution in [0.15, 0.2) is 204 Å². The van der Waals surface area contributed by atoms with E-state index in [1.54, 1.807) is 6.20 Å². The summed E-state index contributed by atoms with van der Waals surface area (Å²) in [4.78, 5) is 26.4. The third-order valence-corrected chi connectivity index (χ3v) is 12.1. The van der Waals surface area contributed by atoms with Crippen molar-refractivity contribution in [3.05, 3.63) is 211 Å². The van der Waals surface area contributed by atoms with Crippen molar-refractivity contribution in [2.75, 3.05) is 11.4 Å². The largest absolute Gasteiger partial charge is 0.337 e. The predicted octanol–water partition coefficient (Wildman–Crippen LogP) is 12.9. The van der Waals surface area contributed by atoms with Gasteiger partial charge in [-0.15, -0.1) is 0 Å². The maximum absolute atomic E-state index is 4.99. The minimum Gasteiger partial charge on any atom is -0.337 e. The van der Waals surface area contributed by atoms with Crippen molar-refractivity contribution in [3.63, 3.8) is 0 Å². The van der Waals surface area contributed by atoms with Gasteiger partial charge in [0.2, 0.25) is 0 Å². The lowest BCUT2D eigenvalue weighted by Crippen LogP contribution is -2.18. The topological polar surface area (TPSA) is 72.1 Å². The molecule has 62 heavy (non-hydrogen) atoms. The summed E-state index contributed by atoms with van der Waals surface area (Å²) in [7, 11) is 0. The van der Waals surface area contributed by atoms with Gasteiger partial charge in [0, 0.05) is 52.4 Å². The van der Waals surface area contributed by atoms with Crippen LogP contribution >= 0.6 is 0 Å². The molecule has 0 spiro atoms. The van der Waals surface area contributed by atoms with Crippen LogP contribution in [0.2, 0.25) is 0 Å². The molecule has 3 aromatic heterocycles. The number of aliphatic imine (C=N–C) groups is 1. The van der Waals surface area contributed by atoms with Gasteiger partial charge in [0.25, 0.3) is 0 Å². The molecule has 0 saturated carbocycles. The van der Waals surface area contributed by atoms with Crippen LogP contribution in [0.1, 0.15) is 36.7 Å². The SMILES string of the molecule is C1=CCC(c2nc(-c3cccc(-c4ccc5c(c4)c4ccccc4n5C4=CC=C(/C5=C/C=C\CN(c6ccccc6)c6ccccc6C5)CC4)c3)nc(-c3ccccn3)n2)N=C1. The summed E-state index contributed by atoms with van der Waals surface area (Å²) in [5.74, 6) is 1.80. The van der Waals surface area contributed by atoms with Crippen LogP contribution in [0, 0.1) is 0 Å². The zero-order valence-corrected chi connectivity index (χ0v) is 34.2. The first-order valence-corrected chi connectivity index (χ1v) is 21.4. The van der Waals surface area contributed by atoms with Gasteiger partial charge in [0.05, 0.1) is 11.0 Å². The minimum absolute atomic E-state index is 0.169. The molecule has 0 radical (unpaired) electrons. The van der Waals surface area contributed by atoms with E-state index in [0.29, 0.717) is 23.2 Å². The van der Waals surface area contributed by atoms with E-state index in [1.807, 2.05) is 30.5 Å². The average molecular weight is 802 g/mol. The van der Waals surface area contributed by atoms with Crippen LogP contribution in [0.5, 0.6) is 0 Å². The standard InChI is InChI=1S/C55H43N7/c1-2-19-44(20-3-1)61-34-13-10-15-39(35-42-16-4-6-24-50(42)61)38-26-29-45(30-27-38)62-51-25-7-5-21-46(51)47-37-41(28-31-52(47)62)40-17-14-18-43(36-40)53-58-54(48-22-8-11-32-56-48)60-55(59-53)49-23-9-12-33-57-49/h1-22,24-26,28-29,31-33,36-37,49H,23,27,30,34-35H2/b13-10-,39-15+. The van der Waals surface area contributed by atoms with E-state index in [2.05, 4.69) is 177 Å². The molecule has 0 bridgehead atoms. The second-order valence-electron chi connectivity index (χ2n) is 15.9. The van der Waals surface area contributed by atoms with E-state index in [1.165, 1.54) is 55.6 Å². The van der Waals surface area contributed by atoms with E-state index in [0.717, 1.165) is 48.9 Å². The Hall–Kier alpha value is -7.77. The fourth-order valence-corrected chi connectivity index (χ4v) is 9.02. The molecular weight excluding hydrogens is 759 g/mol. The Morgan fingerprint density at radius 1 is 0.565 bits per heavy atom. The number of para-hydroxylation sites is 3. The van der Waals surface area contributed by atoms with Crippen LogP contribution in [-0.2, 0) is 6.42 Å². The zero-order chi connectivity index (χ0) is 41.2. The van der Waals surface area contributed by atoms with E-state index in [-0.39, 0.29) is 6.04 Å². The highest BCUT2D eigenvalue weighted by atomic mass is 15.1. The number of pyridine rings is 1. The number of hydrogen-bond donors (Lipinski definition) is 0. The molecule has 7 nitrogen and oxygen atoms in total. The summed E-state index contributed by atoms with van der Waals surface area (Å²) in [5, 5.41) is 2.47. The molecule has 1 atom stereocenters. The molecule has 1 aliphatic carbocycles. The number of rotatable bonds is 7. The Labute approximate surface area is 361 Å². The number of hydrogen-bond acceptors (Lipinski definition) is 6. The second kappa shape index (κ2) is 16.4. The van der Waals surface area contributed by atoms with Crippen molar-refractivity contribution < 1.29 is 0 Å². The van der Waals surface area contributed by atoms with E-state index >= 15 is 0 Å². The monoisotopic (exact) mass is 801 g/mol. The van der Waals surface area contributed by atoms with Crippen molar-refractivity contribution in [2.24, 2.45) is 4.99 Å². The van der Waals surface area contributed by atoms with Crippen LogP contribution in [0.25, 0.3) is 61.5 Å². The highest BCUT2D eigenvalue weighted by Crippen LogP contribution is 2.40. The van der Waals surface area contributed by atoms with E-state index in [9.17, 15) is 0 Å². The Kier molecular flexibility index (Phi) is 9.82. The first-order valence-electron chi connectivity index (χ1n) is 21.4. The predicted molar refractivity (Wildman–Crippen MR) is 254 cm³/mol. The fraction of sp³-hybridized carbons (Fsp3) is 0.109. The number of dihydropyridines is 1. The summed E-state index contributed by atoms with van der Waals surface area (Å²) >= 11 is 0. The Balaban J connectivity index is 0.927. The molecule has 7 heteroatoms. The van der Waals surface area contributed by atoms with Gasteiger partial charge in [-0.3, -0.25) is 9.98 Å². The van der Waals surface area contributed by atoms with Gasteiger partial charge in [-0.25, -0.2) is 15.0 Å². The molecule has 11 rings (SSSR count). The van der Waals surface area contributed by atoms with E-state index in [4.69, 9.17) is 15.0 Å². The van der Waals surface area contributed by atoms with Crippen molar-refractivity contribution in [1.82, 2.24) is 24.5 Å². The van der Waals surface area contributed by atoms with Gasteiger partial charge < -0.3 is 9.47 Å². The highest BCUT2D eigenvalue weighted by Gasteiger charge is 2.22. The molecule has 5 aromatic carbocycles. The highest BCUT2D eigenvalue weighted by molar-refractivity contribution is 6.11. The number of fused-ring (bicyclic) bond motifs is 4. The lowest BCUT2D eigenvalue weighted by molar-refractivity contribution is 0.677. The quantitative estimate of drug-likeness (QED) is 0.160. The van der Waals surface area contributed by atoms with Crippen LogP contribution < -0.4 is 4.90 Å². The molecule has 5 heterocycles. The number of aromatic nitrogens is 5. The minimum atomic E-state index is -0.169. The maximum Gasteiger partial charge on any atom is 0.182 e. The third kappa shape index (κ3) is 7.17. The van der Waals surface area contributed by atoms with Crippen molar-refractivity contribution >= 4 is 45.1 Å². The molecule has 3 aliphatic rings. The second-order valence-corrected chi connectivity index (χ2v) is 15.9. The average Bonchev–Trinajstić information content (AvgIpc) is 3.72. The van der Waals surface area contributed by atoms with Crippen molar-refractivity contribution in [3.8, 4) is 34.0 Å². The number of anilines is 2. The van der Waals surface area contributed by atoms with Crippen LogP contribution in [0.3, 0.4) is 0 Å². The maximum atomic E-state index is 4.99. The van der Waals surface area contributed by atoms with E-state index < -0.39 is 0 Å². The summed E-state index contributed by atoms with van der Waals surface area (Å²) in [6, 6.07) is 49.3. The number of nitrogens with zero attached hydrogens (tertiary/aromatic N) is 7. The summed E-state index contributed by atoms with van der Waals surface area (Å²) in [5.41, 5.74) is 14.1. The number of benzene rings is 5. The van der Waals surface area contributed by atoms with Gasteiger partial charge in [0.15, 0.2) is 17.5 Å². The zero-order valence-electron chi connectivity index (χ0n) is 34.2. The van der Waals surface area contributed by atoms with Crippen LogP contribution in [0.4, 0.5) is 11.4 Å². The van der Waals surface area contributed by atoms with Gasteiger partial charge in [0.1, 0.15) is 11.7 Å². The lowest BCUT2D eigenvalue weighted by Gasteiger charge is -2.26. The first-order chi connectivity index (χ1) is 30.7. The Morgan fingerprint density at radius 3 is 2.26 bits per heavy atom. The fourth-order valence-electron chi connectivity index (χ4n) is 9.02. The summed E-state index contributed by atoms with van der Waals surface area (Å²) in [6.07, 6.45) is 22.7. The van der Waals surface area contributed by atoms with Gasteiger partial charge in [-0.1, -0.05) is 115 Å². The molecule has 0 saturated heterocycles. The van der Waals surface area contributed by atoms with Gasteiger partial charge >= 0.3 is 0 Å². The van der Waals surface area contributed by atoms with Crippen molar-refractivity contribution in [1.29, 1.82) is 0 Å². The van der Waals surface area contributed by atoms with Gasteiger partial charge in [-0.05, 0) is 120 Å². The Morgan fingerprint density at radius 2 is 1.39 bits per heavy atom. The number of allylic oxidation sites excluding steroid dienone is 8. The Bertz CT molecular complexity index is 3170. The summed E-state index contributed by atoms with van der Waals surface area (Å²) in [6.45, 7) is 0.816. The third-order valence-electron chi connectivity index (χ3n) is 12.1. The molecule has 8 aromatic rings. The molecule has 1 unspecified atom stereocenters. The van der Waals surface area contributed by atoms with Crippen LogP contribution in [-0.4, -0.2) is 37.3 Å². The molecular formula is C55H43N7. The molecule has 0 N–H and O–H groups in total. The normalized spacial score (nSPS) is 17.6. The smallest absolute Gasteiger partial charge is 0.182 e. The molecule has 0 amide bonds. The molecule has 298 valence electrons. The van der Waals surface area contributed by atoms with Crippen molar-refractivity contribution in [2.45, 2.75) is 31.7 Å². The first kappa shape index (κ1) is 37.2.